The molecule has 144 valence electrons. The van der Waals surface area contributed by atoms with E-state index in [0.29, 0.717) is 35.6 Å². The van der Waals surface area contributed by atoms with Crippen molar-refractivity contribution >= 4 is 22.9 Å². The van der Waals surface area contributed by atoms with Crippen LogP contribution in [0.25, 0.3) is 11.0 Å². The van der Waals surface area contributed by atoms with Crippen molar-refractivity contribution in [3.63, 3.8) is 0 Å². The molecule has 2 fully saturated rings. The number of rotatable bonds is 6. The monoisotopic (exact) mass is 370 g/mol. The molecule has 7 nitrogen and oxygen atoms in total. The van der Waals surface area contributed by atoms with Crippen molar-refractivity contribution in [2.75, 3.05) is 32.7 Å². The van der Waals surface area contributed by atoms with Crippen LogP contribution in [-0.2, 0) is 0 Å². The average Bonchev–Trinajstić information content (AvgIpc) is 3.07. The second-order valence-electron chi connectivity index (χ2n) is 7.42. The normalized spacial score (nSPS) is 23.3. The highest BCUT2D eigenvalue weighted by molar-refractivity contribution is 5.95. The Morgan fingerprint density at radius 3 is 2.70 bits per heavy atom. The van der Waals surface area contributed by atoms with Gasteiger partial charge < -0.3 is 19.5 Å². The highest BCUT2D eigenvalue weighted by Crippen LogP contribution is 2.53. The zero-order valence-electron chi connectivity index (χ0n) is 15.9. The van der Waals surface area contributed by atoms with E-state index in [9.17, 15) is 9.59 Å². The van der Waals surface area contributed by atoms with E-state index in [1.807, 2.05) is 29.7 Å². The summed E-state index contributed by atoms with van der Waals surface area (Å²) in [4.78, 5) is 32.5. The van der Waals surface area contributed by atoms with Crippen LogP contribution in [0.15, 0.2) is 28.9 Å². The molecule has 4 rings (SSSR count). The van der Waals surface area contributed by atoms with Gasteiger partial charge in [0.2, 0.25) is 0 Å². The summed E-state index contributed by atoms with van der Waals surface area (Å²) in [6.45, 7) is 7.90. The Bertz CT molecular complexity index is 800. The van der Waals surface area contributed by atoms with Gasteiger partial charge >= 0.3 is 6.03 Å². The zero-order chi connectivity index (χ0) is 19.0. The molecule has 3 heterocycles. The van der Waals surface area contributed by atoms with Crippen LogP contribution < -0.4 is 5.32 Å². The SMILES string of the molecule is CCN(CC)C(=O)N1CC2C(CCNC(=O)c3cc4ccncc4o3)C2C1. The first kappa shape index (κ1) is 17.8. The number of aromatic nitrogens is 1. The fourth-order valence-electron chi connectivity index (χ4n) is 4.36. The summed E-state index contributed by atoms with van der Waals surface area (Å²) < 4.78 is 5.54. The standard InChI is InChI=1S/C20H26N4O3/c1-3-23(4-2)20(26)24-11-15-14(16(15)12-24)6-8-22-19(25)17-9-13-5-7-21-10-18(13)27-17/h5,7,9-10,14-16H,3-4,6,8,11-12H2,1-2H3,(H,22,25). The highest BCUT2D eigenvalue weighted by atomic mass is 16.3. The summed E-state index contributed by atoms with van der Waals surface area (Å²) in [5.74, 6) is 1.95. The number of amides is 3. The number of pyridine rings is 1. The number of nitrogens with one attached hydrogen (secondary N) is 1. The first-order valence-electron chi connectivity index (χ1n) is 9.78. The second kappa shape index (κ2) is 7.21. The number of carbonyl (C=O) groups is 2. The van der Waals surface area contributed by atoms with Crippen molar-refractivity contribution < 1.29 is 14.0 Å². The van der Waals surface area contributed by atoms with E-state index < -0.39 is 0 Å². The van der Waals surface area contributed by atoms with Gasteiger partial charge in [0.1, 0.15) is 0 Å². The van der Waals surface area contributed by atoms with Gasteiger partial charge in [0.25, 0.3) is 5.91 Å². The Hall–Kier alpha value is -2.57. The molecule has 0 aromatic carbocycles. The molecule has 2 atom stereocenters. The van der Waals surface area contributed by atoms with Crippen LogP contribution in [0, 0.1) is 17.8 Å². The third-order valence-corrected chi connectivity index (χ3v) is 5.99. The molecule has 2 aromatic heterocycles. The molecule has 0 spiro atoms. The fraction of sp³-hybridized carbons (Fsp3) is 0.550. The van der Waals surface area contributed by atoms with Crippen LogP contribution in [0.4, 0.5) is 4.79 Å². The number of nitrogens with zero attached hydrogens (tertiary/aromatic N) is 3. The van der Waals surface area contributed by atoms with Gasteiger partial charge in [0, 0.05) is 44.3 Å². The summed E-state index contributed by atoms with van der Waals surface area (Å²) >= 11 is 0. The lowest BCUT2D eigenvalue weighted by Crippen LogP contribution is -2.43. The molecule has 0 bridgehead atoms. The zero-order valence-corrected chi connectivity index (χ0v) is 15.9. The summed E-state index contributed by atoms with van der Waals surface area (Å²) in [7, 11) is 0. The Morgan fingerprint density at radius 2 is 2.04 bits per heavy atom. The Labute approximate surface area is 158 Å². The van der Waals surface area contributed by atoms with Gasteiger partial charge in [-0.05, 0) is 50.2 Å². The van der Waals surface area contributed by atoms with Gasteiger partial charge in [-0.25, -0.2) is 4.79 Å². The minimum atomic E-state index is -0.185. The first-order chi connectivity index (χ1) is 13.1. The largest absolute Gasteiger partial charge is 0.449 e. The third-order valence-electron chi connectivity index (χ3n) is 5.99. The number of fused-ring (bicyclic) bond motifs is 2. The van der Waals surface area contributed by atoms with E-state index in [1.54, 1.807) is 18.5 Å². The molecule has 2 unspecified atom stereocenters. The Balaban J connectivity index is 1.22. The average molecular weight is 370 g/mol. The lowest BCUT2D eigenvalue weighted by atomic mass is 10.2. The van der Waals surface area contributed by atoms with Crippen LogP contribution in [0.3, 0.4) is 0 Å². The van der Waals surface area contributed by atoms with Gasteiger partial charge in [0.05, 0.1) is 6.20 Å². The maximum Gasteiger partial charge on any atom is 0.319 e. The Morgan fingerprint density at radius 1 is 1.30 bits per heavy atom. The van der Waals surface area contributed by atoms with Crippen molar-refractivity contribution in [3.05, 3.63) is 30.3 Å². The summed E-state index contributed by atoms with van der Waals surface area (Å²) in [5, 5.41) is 3.83. The molecule has 1 aliphatic heterocycles. The summed E-state index contributed by atoms with van der Waals surface area (Å²) in [6.07, 6.45) is 4.25. The van der Waals surface area contributed by atoms with Gasteiger partial charge in [-0.1, -0.05) is 0 Å². The maximum atomic E-state index is 12.4. The topological polar surface area (TPSA) is 78.7 Å². The number of carbonyl (C=O) groups excluding carboxylic acids is 2. The predicted octanol–water partition coefficient (Wildman–Crippen LogP) is 2.59. The molecule has 27 heavy (non-hydrogen) atoms. The van der Waals surface area contributed by atoms with Gasteiger partial charge in [0.15, 0.2) is 11.3 Å². The minimum absolute atomic E-state index is 0.165. The molecule has 2 aliphatic rings. The number of likely N-dealkylation sites (tertiary alicyclic amines) is 1. The van der Waals surface area contributed by atoms with Crippen LogP contribution >= 0.6 is 0 Å². The molecule has 1 saturated carbocycles. The van der Waals surface area contributed by atoms with E-state index in [2.05, 4.69) is 10.3 Å². The third kappa shape index (κ3) is 3.38. The maximum absolute atomic E-state index is 12.4. The number of furan rings is 1. The van der Waals surface area contributed by atoms with Gasteiger partial charge in [-0.2, -0.15) is 0 Å². The highest BCUT2D eigenvalue weighted by Gasteiger charge is 2.56. The van der Waals surface area contributed by atoms with E-state index >= 15 is 0 Å². The first-order valence-corrected chi connectivity index (χ1v) is 9.78. The van der Waals surface area contributed by atoms with Crippen LogP contribution in [0.1, 0.15) is 30.8 Å². The molecule has 1 aliphatic carbocycles. The number of piperidine rings is 1. The molecular formula is C20H26N4O3. The minimum Gasteiger partial charge on any atom is -0.449 e. The van der Waals surface area contributed by atoms with Gasteiger partial charge in [-0.3, -0.25) is 9.78 Å². The molecule has 0 radical (unpaired) electrons. The molecule has 7 heteroatoms. The van der Waals surface area contributed by atoms with Crippen molar-refractivity contribution in [3.8, 4) is 0 Å². The number of hydrogen-bond acceptors (Lipinski definition) is 4. The molecule has 2 aromatic rings. The fourth-order valence-corrected chi connectivity index (χ4v) is 4.36. The van der Waals surface area contributed by atoms with E-state index in [-0.39, 0.29) is 11.9 Å². The second-order valence-corrected chi connectivity index (χ2v) is 7.42. The molecule has 3 amide bonds. The van der Waals surface area contributed by atoms with E-state index in [4.69, 9.17) is 4.42 Å². The van der Waals surface area contributed by atoms with Crippen LogP contribution in [0.2, 0.25) is 0 Å². The molecular weight excluding hydrogens is 344 g/mol. The predicted molar refractivity (Wildman–Crippen MR) is 101 cm³/mol. The van der Waals surface area contributed by atoms with Crippen LogP contribution in [-0.4, -0.2) is 59.4 Å². The quantitative estimate of drug-likeness (QED) is 0.848. The van der Waals surface area contributed by atoms with Crippen molar-refractivity contribution in [2.24, 2.45) is 17.8 Å². The van der Waals surface area contributed by atoms with Crippen LogP contribution in [0.5, 0.6) is 0 Å². The van der Waals surface area contributed by atoms with E-state index in [1.165, 1.54) is 0 Å². The molecule has 1 N–H and O–H groups in total. The summed E-state index contributed by atoms with van der Waals surface area (Å²) in [5.41, 5.74) is 0.623. The smallest absolute Gasteiger partial charge is 0.319 e. The lowest BCUT2D eigenvalue weighted by molar-refractivity contribution is 0.0926. The van der Waals surface area contributed by atoms with E-state index in [0.717, 1.165) is 38.0 Å². The van der Waals surface area contributed by atoms with Gasteiger partial charge in [-0.15, -0.1) is 0 Å². The lowest BCUT2D eigenvalue weighted by Gasteiger charge is -2.27. The van der Waals surface area contributed by atoms with Crippen molar-refractivity contribution in [1.29, 1.82) is 0 Å². The summed E-state index contributed by atoms with van der Waals surface area (Å²) in [6, 6.07) is 3.74. The molecule has 1 saturated heterocycles. The number of urea groups is 1. The van der Waals surface area contributed by atoms with Crippen molar-refractivity contribution in [1.82, 2.24) is 20.1 Å². The Kier molecular flexibility index (Phi) is 4.76. The van der Waals surface area contributed by atoms with Crippen molar-refractivity contribution in [2.45, 2.75) is 20.3 Å². The number of hydrogen-bond donors (Lipinski definition) is 1.